The van der Waals surface area contributed by atoms with Gasteiger partial charge in [-0.2, -0.15) is 0 Å². The molecule has 3 N–H and O–H groups in total. The van der Waals surface area contributed by atoms with E-state index in [9.17, 15) is 4.79 Å². The smallest absolute Gasteiger partial charge is 0.327 e. The molecular formula is C14H20N4OS. The molecule has 2 rings (SSSR count). The van der Waals surface area contributed by atoms with Crippen molar-refractivity contribution in [1.82, 2.24) is 14.8 Å². The number of nitrogens with one attached hydrogen (secondary N) is 1. The van der Waals surface area contributed by atoms with Crippen molar-refractivity contribution in [2.45, 2.75) is 42.8 Å². The lowest BCUT2D eigenvalue weighted by Crippen LogP contribution is -2.21. The van der Waals surface area contributed by atoms with Crippen molar-refractivity contribution >= 4 is 11.8 Å². The van der Waals surface area contributed by atoms with E-state index in [1.54, 1.807) is 7.05 Å². The van der Waals surface area contributed by atoms with Crippen LogP contribution in [0.15, 0.2) is 33.0 Å². The average molecular weight is 292 g/mol. The first-order chi connectivity index (χ1) is 9.51. The summed E-state index contributed by atoms with van der Waals surface area (Å²) in [4.78, 5) is 12.4. The molecule has 0 aliphatic carbocycles. The quantitative estimate of drug-likeness (QED) is 0.881. The van der Waals surface area contributed by atoms with Gasteiger partial charge in [0, 0.05) is 18.0 Å². The molecule has 6 heteroatoms. The number of aromatic amines is 1. The van der Waals surface area contributed by atoms with Crippen molar-refractivity contribution in [2.75, 3.05) is 0 Å². The van der Waals surface area contributed by atoms with E-state index in [0.717, 1.165) is 17.7 Å². The average Bonchev–Trinajstić information content (AvgIpc) is 2.73. The summed E-state index contributed by atoms with van der Waals surface area (Å²) in [5.41, 5.74) is 8.20. The first-order valence-corrected chi connectivity index (χ1v) is 7.47. The minimum absolute atomic E-state index is 0.198. The van der Waals surface area contributed by atoms with Gasteiger partial charge in [0.2, 0.25) is 0 Å². The van der Waals surface area contributed by atoms with Gasteiger partial charge in [-0.1, -0.05) is 19.1 Å². The zero-order chi connectivity index (χ0) is 14.7. The van der Waals surface area contributed by atoms with E-state index in [-0.39, 0.29) is 11.7 Å². The van der Waals surface area contributed by atoms with Crippen LogP contribution in [0.1, 0.15) is 24.5 Å². The Morgan fingerprint density at radius 2 is 2.25 bits per heavy atom. The molecule has 1 unspecified atom stereocenters. The minimum atomic E-state index is -0.198. The van der Waals surface area contributed by atoms with Gasteiger partial charge in [-0.15, -0.1) is 5.10 Å². The third kappa shape index (κ3) is 3.32. The normalized spacial score (nSPS) is 12.6. The van der Waals surface area contributed by atoms with Gasteiger partial charge in [-0.3, -0.25) is 4.57 Å². The summed E-state index contributed by atoms with van der Waals surface area (Å²) in [7, 11) is 1.71. The summed E-state index contributed by atoms with van der Waals surface area (Å²) in [5.74, 6) is 0. The topological polar surface area (TPSA) is 76.7 Å². The predicted molar refractivity (Wildman–Crippen MR) is 81.1 cm³/mol. The van der Waals surface area contributed by atoms with Crippen molar-refractivity contribution in [2.24, 2.45) is 12.8 Å². The summed E-state index contributed by atoms with van der Waals surface area (Å²) in [6.07, 6.45) is 1.87. The maximum Gasteiger partial charge on any atom is 0.343 e. The molecule has 0 saturated heterocycles. The molecule has 0 bridgehead atoms. The number of hydrogen-bond acceptors (Lipinski definition) is 4. The second-order valence-electron chi connectivity index (χ2n) is 4.94. The van der Waals surface area contributed by atoms with Crippen LogP contribution in [0.4, 0.5) is 0 Å². The highest BCUT2D eigenvalue weighted by molar-refractivity contribution is 7.99. The maximum atomic E-state index is 11.3. The molecule has 0 aliphatic heterocycles. The summed E-state index contributed by atoms with van der Waals surface area (Å²) < 4.78 is 1.50. The molecule has 5 nitrogen and oxygen atoms in total. The predicted octanol–water partition coefficient (Wildman–Crippen LogP) is 1.85. The van der Waals surface area contributed by atoms with Crippen LogP contribution in [-0.4, -0.2) is 20.8 Å². The van der Waals surface area contributed by atoms with E-state index in [1.165, 1.54) is 27.5 Å². The highest BCUT2D eigenvalue weighted by Crippen LogP contribution is 2.28. The van der Waals surface area contributed by atoms with Gasteiger partial charge in [-0.25, -0.2) is 9.89 Å². The molecule has 0 fully saturated rings. The minimum Gasteiger partial charge on any atom is -0.327 e. The van der Waals surface area contributed by atoms with E-state index in [1.807, 2.05) is 0 Å². The van der Waals surface area contributed by atoms with Gasteiger partial charge < -0.3 is 5.73 Å². The molecule has 0 radical (unpaired) electrons. The van der Waals surface area contributed by atoms with E-state index >= 15 is 0 Å². The lowest BCUT2D eigenvalue weighted by atomic mass is 10.0. The van der Waals surface area contributed by atoms with Crippen LogP contribution < -0.4 is 11.4 Å². The first kappa shape index (κ1) is 14.9. The number of aromatic nitrogens is 3. The van der Waals surface area contributed by atoms with Gasteiger partial charge >= 0.3 is 5.69 Å². The van der Waals surface area contributed by atoms with Gasteiger partial charge in [-0.05, 0) is 48.7 Å². The van der Waals surface area contributed by atoms with Crippen molar-refractivity contribution in [3.05, 3.63) is 39.8 Å². The molecule has 0 saturated carbocycles. The summed E-state index contributed by atoms with van der Waals surface area (Å²) in [6, 6.07) is 6.52. The van der Waals surface area contributed by atoms with Crippen molar-refractivity contribution < 1.29 is 0 Å². The van der Waals surface area contributed by atoms with Crippen LogP contribution >= 0.6 is 11.8 Å². The number of aryl methyl sites for hydroxylation is 1. The summed E-state index contributed by atoms with van der Waals surface area (Å²) in [5, 5.41) is 7.11. The van der Waals surface area contributed by atoms with E-state index < -0.39 is 0 Å². The van der Waals surface area contributed by atoms with Gasteiger partial charge in [0.25, 0.3) is 0 Å². The van der Waals surface area contributed by atoms with Crippen LogP contribution in [0.25, 0.3) is 0 Å². The van der Waals surface area contributed by atoms with Crippen LogP contribution in [0.2, 0.25) is 0 Å². The molecule has 1 aromatic carbocycles. The summed E-state index contributed by atoms with van der Waals surface area (Å²) >= 11 is 1.48. The Labute approximate surface area is 122 Å². The molecule has 0 spiro atoms. The van der Waals surface area contributed by atoms with Crippen LogP contribution in [-0.2, 0) is 13.5 Å². The number of nitrogens with two attached hydrogens (primary N) is 1. The second-order valence-corrected chi connectivity index (χ2v) is 5.95. The van der Waals surface area contributed by atoms with E-state index in [4.69, 9.17) is 5.73 Å². The van der Waals surface area contributed by atoms with E-state index in [2.05, 4.69) is 42.2 Å². The fraction of sp³-hybridized carbons (Fsp3) is 0.429. The zero-order valence-electron chi connectivity index (χ0n) is 12.0. The van der Waals surface area contributed by atoms with Gasteiger partial charge in [0.05, 0.1) is 0 Å². The van der Waals surface area contributed by atoms with Gasteiger partial charge in [0.15, 0.2) is 5.16 Å². The van der Waals surface area contributed by atoms with Crippen molar-refractivity contribution in [1.29, 1.82) is 0 Å². The largest absolute Gasteiger partial charge is 0.343 e. The lowest BCUT2D eigenvalue weighted by molar-refractivity contribution is 0.646. The molecule has 2 aromatic rings. The monoisotopic (exact) mass is 292 g/mol. The van der Waals surface area contributed by atoms with Crippen molar-refractivity contribution in [3.8, 4) is 0 Å². The van der Waals surface area contributed by atoms with E-state index in [0.29, 0.717) is 5.16 Å². The number of benzene rings is 1. The lowest BCUT2D eigenvalue weighted by Gasteiger charge is -2.11. The number of H-pyrrole nitrogens is 1. The Kier molecular flexibility index (Phi) is 4.67. The van der Waals surface area contributed by atoms with Crippen LogP contribution in [0, 0.1) is 6.92 Å². The molecule has 1 heterocycles. The molecule has 20 heavy (non-hydrogen) atoms. The molecule has 0 amide bonds. The number of rotatable bonds is 5. The SMILES string of the molecule is CCC(N)Cc1ccc(Sc2n[nH]c(=O)n2C)c(C)c1. The summed E-state index contributed by atoms with van der Waals surface area (Å²) in [6.45, 7) is 4.16. The molecule has 0 aliphatic rings. The Balaban J connectivity index is 2.18. The van der Waals surface area contributed by atoms with Crippen LogP contribution in [0.5, 0.6) is 0 Å². The fourth-order valence-electron chi connectivity index (χ4n) is 1.92. The Bertz CT molecular complexity index is 647. The Morgan fingerprint density at radius 1 is 1.50 bits per heavy atom. The third-order valence-electron chi connectivity index (χ3n) is 3.30. The maximum absolute atomic E-state index is 11.3. The van der Waals surface area contributed by atoms with Crippen molar-refractivity contribution in [3.63, 3.8) is 0 Å². The Morgan fingerprint density at radius 3 is 2.80 bits per heavy atom. The molecular weight excluding hydrogens is 272 g/mol. The first-order valence-electron chi connectivity index (χ1n) is 6.65. The van der Waals surface area contributed by atoms with Gasteiger partial charge in [0.1, 0.15) is 0 Å². The highest BCUT2D eigenvalue weighted by Gasteiger charge is 2.09. The molecule has 1 atom stereocenters. The highest BCUT2D eigenvalue weighted by atomic mass is 32.2. The van der Waals surface area contributed by atoms with Crippen LogP contribution in [0.3, 0.4) is 0 Å². The zero-order valence-corrected chi connectivity index (χ0v) is 12.8. The Hall–Kier alpha value is -1.53. The third-order valence-corrected chi connectivity index (χ3v) is 4.53. The number of hydrogen-bond donors (Lipinski definition) is 2. The standard InChI is InChI=1S/C14H20N4OS/c1-4-11(15)8-10-5-6-12(9(2)7-10)20-14-17-16-13(19)18(14)3/h5-7,11H,4,8,15H2,1-3H3,(H,16,19). The fourth-order valence-corrected chi connectivity index (χ4v) is 2.79. The number of nitrogens with zero attached hydrogens (tertiary/aromatic N) is 2. The second kappa shape index (κ2) is 6.28. The molecule has 1 aromatic heterocycles. The molecule has 108 valence electrons.